The van der Waals surface area contributed by atoms with Crippen LogP contribution in [0.2, 0.25) is 0 Å². The number of ether oxygens (including phenoxy) is 1. The lowest BCUT2D eigenvalue weighted by molar-refractivity contribution is -0.147. The lowest BCUT2D eigenvalue weighted by Crippen LogP contribution is -2.47. The first-order chi connectivity index (χ1) is 27.3. The summed E-state index contributed by atoms with van der Waals surface area (Å²) in [4.78, 5) is 47.4. The second-order valence-electron chi connectivity index (χ2n) is 14.0. The van der Waals surface area contributed by atoms with E-state index in [1.807, 2.05) is 6.08 Å². The molecule has 56 heavy (non-hydrogen) atoms. The van der Waals surface area contributed by atoms with E-state index in [0.29, 0.717) is 12.8 Å². The molecule has 0 spiro atoms. The van der Waals surface area contributed by atoms with Gasteiger partial charge in [-0.1, -0.05) is 138 Å². The number of carboxylic acid groups (broad SMARTS) is 1. The van der Waals surface area contributed by atoms with Crippen LogP contribution in [0.25, 0.3) is 0 Å². The predicted molar refractivity (Wildman–Crippen MR) is 231 cm³/mol. The van der Waals surface area contributed by atoms with Crippen molar-refractivity contribution in [2.24, 2.45) is 0 Å². The number of rotatable bonds is 37. The Bertz CT molecular complexity index is 1210. The average Bonchev–Trinajstić information content (AvgIpc) is 3.18. The van der Waals surface area contributed by atoms with Gasteiger partial charge in [0, 0.05) is 12.8 Å². The molecule has 0 aromatic rings. The number of carbonyl (C=O) groups excluding carboxylic acids is 3. The number of allylic oxidation sites excluding steroid dienone is 13. The van der Waals surface area contributed by atoms with Crippen LogP contribution in [0.15, 0.2) is 85.1 Å². The fraction of sp³-hybridized carbons (Fsp3) is 0.617. The molecule has 316 valence electrons. The largest absolute Gasteiger partial charge is 0.480 e. The molecule has 0 aromatic heterocycles. The minimum atomic E-state index is -1.39. The monoisotopic (exact) mass is 781 g/mol. The Kier molecular flexibility index (Phi) is 37.8. The molecule has 9 nitrogen and oxygen atoms in total. The van der Waals surface area contributed by atoms with E-state index in [1.54, 1.807) is 0 Å². The van der Waals surface area contributed by atoms with Crippen molar-refractivity contribution in [3.63, 3.8) is 0 Å². The zero-order valence-corrected chi connectivity index (χ0v) is 34.9. The fourth-order valence-corrected chi connectivity index (χ4v) is 5.57. The molecule has 0 aromatic carbocycles. The molecule has 0 bridgehead atoms. The number of esters is 1. The minimum absolute atomic E-state index is 0.142. The van der Waals surface area contributed by atoms with Crippen molar-refractivity contribution in [1.29, 1.82) is 0 Å². The molecule has 0 saturated heterocycles. The Balaban J connectivity index is 4.19. The number of aliphatic hydroxyl groups is 1. The summed E-state index contributed by atoms with van der Waals surface area (Å²) >= 11 is 0. The van der Waals surface area contributed by atoms with E-state index in [2.05, 4.69) is 103 Å². The molecule has 2 atom stereocenters. The van der Waals surface area contributed by atoms with E-state index in [1.165, 1.54) is 19.3 Å². The summed E-state index contributed by atoms with van der Waals surface area (Å²) in [6.45, 7) is 3.28. The Labute approximate surface area is 339 Å². The van der Waals surface area contributed by atoms with Gasteiger partial charge in [0.1, 0.15) is 12.1 Å². The third-order valence-electron chi connectivity index (χ3n) is 8.86. The Morgan fingerprint density at radius 2 is 1.07 bits per heavy atom. The quantitative estimate of drug-likeness (QED) is 0.0279. The molecule has 0 aliphatic carbocycles. The van der Waals surface area contributed by atoms with Gasteiger partial charge in [-0.2, -0.15) is 0 Å². The molecule has 2 amide bonds. The van der Waals surface area contributed by atoms with Crippen molar-refractivity contribution < 1.29 is 34.1 Å². The van der Waals surface area contributed by atoms with Crippen LogP contribution in [0.4, 0.5) is 0 Å². The standard InChI is InChI=1S/C47H76N2O7/c1-3-5-7-9-11-12-13-14-15-16-17-18-19-20-21-22-23-24-25-26-27-29-35-39-46(53)56-42(36-32-28-10-8-6-4-2)37-33-30-31-34-38-44(51)48-40-45(52)49-43(41-50)47(54)55/h5,7,11-12,14-15,17-18,20-21,23-24,32,36,42-43,50H,3-4,6,8-10,13,16,19,22,25-31,33-35,37-41H2,1-2H3,(H,48,51)(H,49,52)(H,54,55)/b7-5-,12-11-,15-14-,18-17-,21-20-,24-23-,36-32-. The normalized spacial score (nSPS) is 13.3. The molecule has 0 saturated carbocycles. The molecule has 0 fully saturated rings. The maximum absolute atomic E-state index is 12.7. The molecule has 0 heterocycles. The highest BCUT2D eigenvalue weighted by molar-refractivity contribution is 5.87. The minimum Gasteiger partial charge on any atom is -0.480 e. The smallest absolute Gasteiger partial charge is 0.328 e. The number of hydrogen-bond donors (Lipinski definition) is 4. The van der Waals surface area contributed by atoms with Gasteiger partial charge in [0.25, 0.3) is 0 Å². The number of unbranched alkanes of at least 4 members (excludes halogenated alkanes) is 11. The average molecular weight is 781 g/mol. The van der Waals surface area contributed by atoms with Gasteiger partial charge in [-0.3, -0.25) is 14.4 Å². The lowest BCUT2D eigenvalue weighted by Gasteiger charge is -2.15. The molecule has 0 rings (SSSR count). The summed E-state index contributed by atoms with van der Waals surface area (Å²) in [6, 6.07) is -1.39. The second kappa shape index (κ2) is 40.7. The topological polar surface area (TPSA) is 142 Å². The number of carboxylic acids is 1. The van der Waals surface area contributed by atoms with Crippen LogP contribution in [0.5, 0.6) is 0 Å². The fourth-order valence-electron chi connectivity index (χ4n) is 5.57. The summed E-state index contributed by atoms with van der Waals surface area (Å²) < 4.78 is 5.87. The summed E-state index contributed by atoms with van der Waals surface area (Å²) in [5.74, 6) is -2.44. The van der Waals surface area contributed by atoms with E-state index in [9.17, 15) is 19.2 Å². The van der Waals surface area contributed by atoms with Gasteiger partial charge in [-0.25, -0.2) is 4.79 Å². The van der Waals surface area contributed by atoms with E-state index in [0.717, 1.165) is 109 Å². The summed E-state index contributed by atoms with van der Waals surface area (Å²) in [5, 5.41) is 22.5. The van der Waals surface area contributed by atoms with E-state index >= 15 is 0 Å². The van der Waals surface area contributed by atoms with Crippen molar-refractivity contribution in [2.45, 2.75) is 174 Å². The first-order valence-electron chi connectivity index (χ1n) is 21.5. The van der Waals surface area contributed by atoms with Crippen LogP contribution in [0.1, 0.15) is 162 Å². The molecule has 9 heteroatoms. The van der Waals surface area contributed by atoms with Crippen LogP contribution in [-0.2, 0) is 23.9 Å². The Morgan fingerprint density at radius 1 is 0.571 bits per heavy atom. The summed E-state index contributed by atoms with van der Waals surface area (Å²) in [6.07, 6.45) is 52.1. The van der Waals surface area contributed by atoms with Gasteiger partial charge in [-0.15, -0.1) is 0 Å². The molecule has 2 unspecified atom stereocenters. The van der Waals surface area contributed by atoms with Crippen LogP contribution in [0, 0.1) is 0 Å². The number of carbonyl (C=O) groups is 4. The molecular formula is C47H76N2O7. The zero-order chi connectivity index (χ0) is 41.2. The van der Waals surface area contributed by atoms with Gasteiger partial charge in [-0.05, 0) is 96.0 Å². The SMILES string of the molecule is CC/C=C\C/C=C\C/C=C\C/C=C\C/C=C\C/C=C\CCCCCCC(=O)OC(/C=C\CCCCCC)CCCCCCC(=O)NCC(=O)NC(CO)C(=O)O. The first-order valence-corrected chi connectivity index (χ1v) is 21.5. The number of amides is 2. The molecular weight excluding hydrogens is 705 g/mol. The van der Waals surface area contributed by atoms with Gasteiger partial charge in [0.2, 0.25) is 11.8 Å². The van der Waals surface area contributed by atoms with Crippen molar-refractivity contribution >= 4 is 23.8 Å². The van der Waals surface area contributed by atoms with Gasteiger partial charge >= 0.3 is 11.9 Å². The van der Waals surface area contributed by atoms with Crippen molar-refractivity contribution in [1.82, 2.24) is 10.6 Å². The van der Waals surface area contributed by atoms with Gasteiger partial charge < -0.3 is 25.6 Å². The molecule has 0 aliphatic heterocycles. The van der Waals surface area contributed by atoms with Crippen LogP contribution in [-0.4, -0.2) is 59.3 Å². The Hall–Kier alpha value is -3.98. The second-order valence-corrected chi connectivity index (χ2v) is 14.0. The van der Waals surface area contributed by atoms with E-state index < -0.39 is 24.5 Å². The third kappa shape index (κ3) is 37.0. The highest BCUT2D eigenvalue weighted by Gasteiger charge is 2.18. The summed E-state index contributed by atoms with van der Waals surface area (Å²) in [5.41, 5.74) is 0. The lowest BCUT2D eigenvalue weighted by atomic mass is 10.1. The first kappa shape index (κ1) is 52.0. The van der Waals surface area contributed by atoms with Crippen molar-refractivity contribution in [2.75, 3.05) is 13.2 Å². The van der Waals surface area contributed by atoms with Crippen LogP contribution in [0.3, 0.4) is 0 Å². The Morgan fingerprint density at radius 3 is 1.62 bits per heavy atom. The highest BCUT2D eigenvalue weighted by Crippen LogP contribution is 2.14. The van der Waals surface area contributed by atoms with Crippen LogP contribution >= 0.6 is 0 Å². The summed E-state index contributed by atoms with van der Waals surface area (Å²) in [7, 11) is 0. The third-order valence-corrected chi connectivity index (χ3v) is 8.86. The number of hydrogen-bond acceptors (Lipinski definition) is 6. The van der Waals surface area contributed by atoms with Gasteiger partial charge in [0.15, 0.2) is 0 Å². The van der Waals surface area contributed by atoms with Gasteiger partial charge in [0.05, 0.1) is 13.2 Å². The maximum atomic E-state index is 12.7. The van der Waals surface area contributed by atoms with Crippen LogP contribution < -0.4 is 10.6 Å². The number of aliphatic hydroxyl groups excluding tert-OH is 1. The van der Waals surface area contributed by atoms with Crippen molar-refractivity contribution in [3.8, 4) is 0 Å². The van der Waals surface area contributed by atoms with E-state index in [4.69, 9.17) is 14.9 Å². The van der Waals surface area contributed by atoms with E-state index in [-0.39, 0.29) is 30.9 Å². The molecule has 0 aliphatic rings. The number of aliphatic carboxylic acids is 1. The highest BCUT2D eigenvalue weighted by atomic mass is 16.5. The predicted octanol–water partition coefficient (Wildman–Crippen LogP) is 10.5. The zero-order valence-electron chi connectivity index (χ0n) is 34.9. The molecule has 0 radical (unpaired) electrons. The van der Waals surface area contributed by atoms with Crippen molar-refractivity contribution in [3.05, 3.63) is 85.1 Å². The maximum Gasteiger partial charge on any atom is 0.328 e. The molecule has 4 N–H and O–H groups in total. The number of nitrogens with one attached hydrogen (secondary N) is 2.